The van der Waals surface area contributed by atoms with Crippen molar-refractivity contribution >= 4 is 40.0 Å². The van der Waals surface area contributed by atoms with Gasteiger partial charge in [0.25, 0.3) is 5.91 Å². The smallest absolute Gasteiger partial charge is 0.460 e. The first kappa shape index (κ1) is 18.7. The molecular weight excluding hydrogens is 358 g/mol. The molecule has 0 unspecified atom stereocenters. The number of ether oxygens (including phenoxy) is 1. The number of methoxy groups -OCH3 is 1. The normalized spacial score (nSPS) is 10.0. The van der Waals surface area contributed by atoms with Crippen LogP contribution in [0.5, 0.6) is 0 Å². The molecule has 0 heterocycles. The number of esters is 1. The van der Waals surface area contributed by atoms with Gasteiger partial charge in [-0.05, 0) is 29.0 Å². The zero-order valence-electron chi connectivity index (χ0n) is 14.9. The van der Waals surface area contributed by atoms with Crippen LogP contribution in [0.15, 0.2) is 72.8 Å². The van der Waals surface area contributed by atoms with Gasteiger partial charge >= 0.3 is 17.6 Å². The molecule has 2 amide bonds. The summed E-state index contributed by atoms with van der Waals surface area (Å²) < 4.78 is 4.48. The van der Waals surface area contributed by atoms with Crippen molar-refractivity contribution < 1.29 is 23.9 Å². The summed E-state index contributed by atoms with van der Waals surface area (Å²) in [7, 11) is 1.04. The van der Waals surface area contributed by atoms with Crippen LogP contribution in [0.1, 0.15) is 10.4 Å². The number of fused-ring (bicyclic) bond motifs is 1. The van der Waals surface area contributed by atoms with Gasteiger partial charge in [0.1, 0.15) is 0 Å². The molecule has 0 saturated carbocycles. The third-order valence-corrected chi connectivity index (χ3v) is 4.12. The highest BCUT2D eigenvalue weighted by Crippen LogP contribution is 2.23. The minimum Gasteiger partial charge on any atom is -0.460 e. The second-order valence-electron chi connectivity index (χ2n) is 5.75. The number of anilines is 1. The van der Waals surface area contributed by atoms with Gasteiger partial charge in [0, 0.05) is 5.56 Å². The summed E-state index contributed by atoms with van der Waals surface area (Å²) in [5.74, 6) is -2.92. The molecule has 0 N–H and O–H groups in total. The maximum absolute atomic E-state index is 13.3. The second-order valence-corrected chi connectivity index (χ2v) is 5.75. The molecule has 7 heteroatoms. The Hall–Kier alpha value is -4.09. The fourth-order valence-corrected chi connectivity index (χ4v) is 2.81. The van der Waals surface area contributed by atoms with E-state index in [1.807, 2.05) is 18.2 Å². The van der Waals surface area contributed by atoms with Crippen molar-refractivity contribution in [1.82, 2.24) is 0 Å². The summed E-state index contributed by atoms with van der Waals surface area (Å²) in [5.41, 5.74) is 8.72. The zero-order valence-corrected chi connectivity index (χ0v) is 14.9. The first-order valence-corrected chi connectivity index (χ1v) is 8.30. The van der Waals surface area contributed by atoms with Crippen LogP contribution in [-0.2, 0) is 14.3 Å². The molecule has 0 aliphatic rings. The summed E-state index contributed by atoms with van der Waals surface area (Å²) in [5, 5.41) is 1.46. The highest BCUT2D eigenvalue weighted by Gasteiger charge is 2.39. The molecule has 7 nitrogen and oxygen atoms in total. The number of rotatable bonds is 4. The molecule has 28 heavy (non-hydrogen) atoms. The minimum atomic E-state index is -1.15. The van der Waals surface area contributed by atoms with Crippen LogP contribution in [0.25, 0.3) is 16.3 Å². The van der Waals surface area contributed by atoms with E-state index in [0.717, 1.165) is 17.4 Å². The van der Waals surface area contributed by atoms with E-state index in [0.29, 0.717) is 5.39 Å². The first-order valence-electron chi connectivity index (χ1n) is 8.30. The average Bonchev–Trinajstić information content (AvgIpc) is 2.74. The lowest BCUT2D eigenvalue weighted by Gasteiger charge is -2.19. The number of imide groups is 1. The van der Waals surface area contributed by atoms with Gasteiger partial charge in [-0.3, -0.25) is 9.59 Å². The number of benzene rings is 3. The van der Waals surface area contributed by atoms with Gasteiger partial charge < -0.3 is 10.3 Å². The van der Waals surface area contributed by atoms with Gasteiger partial charge in [-0.25, -0.2) is 9.69 Å². The molecule has 0 spiro atoms. The van der Waals surface area contributed by atoms with Gasteiger partial charge in [0.15, 0.2) is 0 Å². The monoisotopic (exact) mass is 373 g/mol. The van der Waals surface area contributed by atoms with Gasteiger partial charge in [-0.1, -0.05) is 54.6 Å². The van der Waals surface area contributed by atoms with Crippen molar-refractivity contribution in [1.29, 1.82) is 0 Å². The van der Waals surface area contributed by atoms with Gasteiger partial charge in [-0.15, -0.1) is 0 Å². The SMILES string of the molecule is COC(=O)C(=[N+]=[N-])C(=O)N(C(=O)c1cccc2ccccc12)c1ccccc1. The minimum absolute atomic E-state index is 0.218. The van der Waals surface area contributed by atoms with Crippen molar-refractivity contribution in [3.63, 3.8) is 0 Å². The maximum Gasteiger partial charge on any atom is 0.463 e. The Balaban J connectivity index is 2.17. The summed E-state index contributed by atoms with van der Waals surface area (Å²) in [6, 6.07) is 20.4. The lowest BCUT2D eigenvalue weighted by atomic mass is 10.0. The average molecular weight is 373 g/mol. The molecule has 0 aliphatic carbocycles. The second kappa shape index (κ2) is 8.07. The Bertz CT molecular complexity index is 1110. The molecule has 3 aromatic rings. The third kappa shape index (κ3) is 3.42. The van der Waals surface area contributed by atoms with Crippen LogP contribution < -0.4 is 4.90 Å². The number of nitrogens with zero attached hydrogens (tertiary/aromatic N) is 3. The highest BCUT2D eigenvalue weighted by molar-refractivity contribution is 6.66. The molecule has 138 valence electrons. The van der Waals surface area contributed by atoms with E-state index in [-0.39, 0.29) is 11.3 Å². The van der Waals surface area contributed by atoms with Crippen molar-refractivity contribution in [2.45, 2.75) is 0 Å². The molecule has 3 rings (SSSR count). The summed E-state index contributed by atoms with van der Waals surface area (Å²) >= 11 is 0. The number of hydrogen-bond acceptors (Lipinski definition) is 4. The van der Waals surface area contributed by atoms with Gasteiger partial charge in [0.2, 0.25) is 0 Å². The van der Waals surface area contributed by atoms with Crippen LogP contribution in [-0.4, -0.2) is 35.4 Å². The quantitative estimate of drug-likeness (QED) is 0.231. The van der Waals surface area contributed by atoms with E-state index in [9.17, 15) is 14.4 Å². The van der Waals surface area contributed by atoms with E-state index in [1.54, 1.807) is 42.5 Å². The predicted octanol–water partition coefficient (Wildman–Crippen LogP) is 2.86. The van der Waals surface area contributed by atoms with Crippen molar-refractivity contribution in [3.05, 3.63) is 83.9 Å². The first-order chi connectivity index (χ1) is 13.6. The van der Waals surface area contributed by atoms with E-state index >= 15 is 0 Å². The molecular formula is C21H15N3O4. The zero-order chi connectivity index (χ0) is 20.1. The molecule has 0 bridgehead atoms. The summed E-state index contributed by atoms with van der Waals surface area (Å²) in [4.78, 5) is 41.6. The highest BCUT2D eigenvalue weighted by atomic mass is 16.5. The van der Waals surface area contributed by atoms with Gasteiger partial charge in [-0.2, -0.15) is 4.79 Å². The topological polar surface area (TPSA) is 100 Å². The van der Waals surface area contributed by atoms with Crippen molar-refractivity contribution in [3.8, 4) is 0 Å². The van der Waals surface area contributed by atoms with Crippen LogP contribution in [0.3, 0.4) is 0 Å². The Morgan fingerprint density at radius 2 is 1.54 bits per heavy atom. The van der Waals surface area contributed by atoms with Crippen LogP contribution in [0.2, 0.25) is 0 Å². The van der Waals surface area contributed by atoms with E-state index in [1.165, 1.54) is 12.1 Å². The number of carbonyl (C=O) groups excluding carboxylic acids is 3. The van der Waals surface area contributed by atoms with Crippen molar-refractivity contribution in [2.24, 2.45) is 0 Å². The molecule has 0 saturated heterocycles. The molecule has 0 radical (unpaired) electrons. The van der Waals surface area contributed by atoms with Gasteiger partial charge in [0.05, 0.1) is 12.8 Å². The Morgan fingerprint density at radius 3 is 2.21 bits per heavy atom. The third-order valence-electron chi connectivity index (χ3n) is 4.12. The lowest BCUT2D eigenvalue weighted by Crippen LogP contribution is -2.45. The maximum atomic E-state index is 13.3. The Labute approximate surface area is 160 Å². The number of amides is 2. The predicted molar refractivity (Wildman–Crippen MR) is 103 cm³/mol. The Morgan fingerprint density at radius 1 is 0.893 bits per heavy atom. The fraction of sp³-hybridized carbons (Fsp3) is 0.0476. The van der Waals surface area contributed by atoms with E-state index < -0.39 is 23.5 Å². The molecule has 3 aromatic carbocycles. The van der Waals surface area contributed by atoms with E-state index in [2.05, 4.69) is 9.53 Å². The van der Waals surface area contributed by atoms with Crippen LogP contribution in [0, 0.1) is 0 Å². The standard InChI is InChI=1S/C21H15N3O4/c1-28-21(27)18(23-22)20(26)24(15-10-3-2-4-11-15)19(25)17-13-7-9-14-8-5-6-12-16(14)17/h2-13H,1H3. The summed E-state index contributed by atoms with van der Waals surface area (Å²) in [6.45, 7) is 0. The molecule has 0 aliphatic heterocycles. The largest absolute Gasteiger partial charge is 0.463 e. The molecule has 0 atom stereocenters. The number of hydrogen-bond donors (Lipinski definition) is 0. The fourth-order valence-electron chi connectivity index (χ4n) is 2.81. The van der Waals surface area contributed by atoms with Crippen molar-refractivity contribution in [2.75, 3.05) is 12.0 Å². The lowest BCUT2D eigenvalue weighted by molar-refractivity contribution is -0.139. The molecule has 0 aromatic heterocycles. The van der Waals surface area contributed by atoms with Crippen LogP contribution in [0.4, 0.5) is 5.69 Å². The van der Waals surface area contributed by atoms with E-state index in [4.69, 9.17) is 5.53 Å². The summed E-state index contributed by atoms with van der Waals surface area (Å²) in [6.07, 6.45) is 0. The molecule has 0 fully saturated rings. The Kier molecular flexibility index (Phi) is 5.39. The van der Waals surface area contributed by atoms with Crippen LogP contribution >= 0.6 is 0 Å². The number of carbonyl (C=O) groups is 3. The number of para-hydroxylation sites is 1.